The Kier molecular flexibility index (Phi) is 5.54. The zero-order chi connectivity index (χ0) is 30.4. The summed E-state index contributed by atoms with van der Waals surface area (Å²) in [5.74, 6) is 0. The summed E-state index contributed by atoms with van der Waals surface area (Å²) >= 11 is 8.48. The van der Waals surface area contributed by atoms with Gasteiger partial charge in [0.05, 0.1) is 11.0 Å². The predicted molar refractivity (Wildman–Crippen MR) is 197 cm³/mol. The van der Waals surface area contributed by atoms with Gasteiger partial charge in [-0.05, 0) is 95.1 Å². The second-order valence-electron chi connectivity index (χ2n) is 11.8. The van der Waals surface area contributed by atoms with Gasteiger partial charge in [-0.1, -0.05) is 84.4 Å². The number of nitrogens with zero attached hydrogens (tertiary/aromatic N) is 1. The molecule has 0 aliphatic rings. The van der Waals surface area contributed by atoms with Crippen molar-refractivity contribution in [2.45, 2.75) is 0 Å². The summed E-state index contributed by atoms with van der Waals surface area (Å²) in [6.07, 6.45) is 0. The van der Waals surface area contributed by atoms with Gasteiger partial charge in [0.1, 0.15) is 11.2 Å². The van der Waals surface area contributed by atoms with Crippen molar-refractivity contribution in [3.8, 4) is 27.9 Å². The Hall–Kier alpha value is -5.35. The van der Waals surface area contributed by atoms with Crippen LogP contribution in [-0.4, -0.2) is 4.57 Å². The van der Waals surface area contributed by atoms with E-state index < -0.39 is 0 Å². The number of rotatable bonds is 3. The maximum Gasteiger partial charge on any atom is 0.136 e. The van der Waals surface area contributed by atoms with Crippen LogP contribution in [0.15, 0.2) is 150 Å². The third-order valence-electron chi connectivity index (χ3n) is 9.27. The van der Waals surface area contributed by atoms with E-state index in [1.54, 1.807) is 11.3 Å². The molecule has 0 unspecified atom stereocenters. The fourth-order valence-corrected chi connectivity index (χ4v) is 8.65. The van der Waals surface area contributed by atoms with Crippen LogP contribution in [0.5, 0.6) is 0 Å². The fraction of sp³-hybridized carbons (Fsp3) is 0. The maximum atomic E-state index is 6.70. The van der Waals surface area contributed by atoms with Crippen LogP contribution in [-0.2, 0) is 0 Å². The Labute approximate surface area is 273 Å². The van der Waals surface area contributed by atoms with Crippen molar-refractivity contribution in [3.63, 3.8) is 0 Å². The molecule has 10 rings (SSSR count). The van der Waals surface area contributed by atoms with Crippen molar-refractivity contribution >= 4 is 86.9 Å². The number of halogens is 1. The zero-order valence-electron chi connectivity index (χ0n) is 24.5. The number of benzene rings is 7. The van der Waals surface area contributed by atoms with E-state index in [0.29, 0.717) is 0 Å². The third kappa shape index (κ3) is 3.76. The number of para-hydroxylation sites is 2. The lowest BCUT2D eigenvalue weighted by Gasteiger charge is -2.08. The van der Waals surface area contributed by atoms with E-state index in [1.807, 2.05) is 12.1 Å². The summed E-state index contributed by atoms with van der Waals surface area (Å²) in [6, 6.07) is 51.9. The quantitative estimate of drug-likeness (QED) is 0.191. The minimum absolute atomic E-state index is 0.793. The molecule has 4 heteroatoms. The lowest BCUT2D eigenvalue weighted by atomic mass is 9.96. The van der Waals surface area contributed by atoms with E-state index in [4.69, 9.17) is 16.0 Å². The molecule has 216 valence electrons. The van der Waals surface area contributed by atoms with Gasteiger partial charge in [0.2, 0.25) is 0 Å². The van der Waals surface area contributed by atoms with Crippen molar-refractivity contribution in [1.82, 2.24) is 4.57 Å². The molecule has 0 spiro atoms. The van der Waals surface area contributed by atoms with E-state index in [1.165, 1.54) is 42.2 Å². The van der Waals surface area contributed by atoms with Crippen LogP contribution in [0.25, 0.3) is 91.9 Å². The number of furan rings is 1. The summed E-state index contributed by atoms with van der Waals surface area (Å²) in [7, 11) is 0. The summed E-state index contributed by atoms with van der Waals surface area (Å²) in [6.45, 7) is 0. The molecule has 3 heterocycles. The first-order chi connectivity index (χ1) is 22.7. The standard InChI is InChI=1S/C42H24ClNOS/c43-34-12-7-15-40-42(34)33-24-27(18-21-39(33)46-40)29-11-6-14-38-41(29)32-23-26(17-20-37(32)45-38)25-16-19-36-31(22-25)30-10-4-5-13-35(30)44(36)28-8-2-1-3-9-28/h1-24H. The smallest absolute Gasteiger partial charge is 0.136 e. The number of aromatic nitrogens is 1. The molecule has 46 heavy (non-hydrogen) atoms. The molecule has 0 fully saturated rings. The van der Waals surface area contributed by atoms with Gasteiger partial charge in [0, 0.05) is 52.4 Å². The molecule has 0 saturated heterocycles. The van der Waals surface area contributed by atoms with Crippen molar-refractivity contribution in [1.29, 1.82) is 0 Å². The van der Waals surface area contributed by atoms with Gasteiger partial charge in [-0.25, -0.2) is 0 Å². The maximum absolute atomic E-state index is 6.70. The van der Waals surface area contributed by atoms with Crippen LogP contribution in [0.3, 0.4) is 0 Å². The number of fused-ring (bicyclic) bond motifs is 9. The first-order valence-electron chi connectivity index (χ1n) is 15.4. The molecule has 2 nitrogen and oxygen atoms in total. The van der Waals surface area contributed by atoms with Crippen molar-refractivity contribution in [3.05, 3.63) is 151 Å². The van der Waals surface area contributed by atoms with Crippen molar-refractivity contribution < 1.29 is 4.42 Å². The molecule has 0 amide bonds. The monoisotopic (exact) mass is 625 g/mol. The number of hydrogen-bond acceptors (Lipinski definition) is 2. The molecule has 10 aromatic rings. The van der Waals surface area contributed by atoms with E-state index >= 15 is 0 Å². The molecule has 0 bridgehead atoms. The van der Waals surface area contributed by atoms with Crippen LogP contribution in [0.4, 0.5) is 0 Å². The minimum atomic E-state index is 0.793. The summed E-state index contributed by atoms with van der Waals surface area (Å²) in [4.78, 5) is 0. The number of hydrogen-bond donors (Lipinski definition) is 0. The van der Waals surface area contributed by atoms with Gasteiger partial charge in [0.25, 0.3) is 0 Å². The summed E-state index contributed by atoms with van der Waals surface area (Å²) in [5.41, 5.74) is 9.99. The van der Waals surface area contributed by atoms with Crippen molar-refractivity contribution in [2.75, 3.05) is 0 Å². The molecular formula is C42H24ClNOS. The van der Waals surface area contributed by atoms with Gasteiger partial charge in [-0.3, -0.25) is 0 Å². The molecule has 0 aliphatic carbocycles. The van der Waals surface area contributed by atoms with Gasteiger partial charge in [-0.15, -0.1) is 11.3 Å². The average Bonchev–Trinajstić information content (AvgIpc) is 3.77. The van der Waals surface area contributed by atoms with Gasteiger partial charge >= 0.3 is 0 Å². The zero-order valence-corrected chi connectivity index (χ0v) is 26.1. The van der Waals surface area contributed by atoms with E-state index in [-0.39, 0.29) is 0 Å². The van der Waals surface area contributed by atoms with E-state index in [9.17, 15) is 0 Å². The topological polar surface area (TPSA) is 18.1 Å². The van der Waals surface area contributed by atoms with Gasteiger partial charge in [0.15, 0.2) is 0 Å². The van der Waals surface area contributed by atoms with Crippen LogP contribution >= 0.6 is 22.9 Å². The van der Waals surface area contributed by atoms with Crippen LogP contribution < -0.4 is 0 Å². The third-order valence-corrected chi connectivity index (χ3v) is 10.7. The molecule has 0 saturated carbocycles. The van der Waals surface area contributed by atoms with E-state index in [0.717, 1.165) is 54.7 Å². The highest BCUT2D eigenvalue weighted by Crippen LogP contribution is 2.43. The Morgan fingerprint density at radius 3 is 2.13 bits per heavy atom. The molecular weight excluding hydrogens is 602 g/mol. The Morgan fingerprint density at radius 1 is 0.478 bits per heavy atom. The molecule has 3 aromatic heterocycles. The van der Waals surface area contributed by atoms with E-state index in [2.05, 4.69) is 138 Å². The second-order valence-corrected chi connectivity index (χ2v) is 13.3. The predicted octanol–water partition coefficient (Wildman–Crippen LogP) is 13.0. The molecule has 0 N–H and O–H groups in total. The largest absolute Gasteiger partial charge is 0.456 e. The highest BCUT2D eigenvalue weighted by atomic mass is 35.5. The second kappa shape index (κ2) is 9.82. The lowest BCUT2D eigenvalue weighted by Crippen LogP contribution is -1.92. The Bertz CT molecular complexity index is 2820. The minimum Gasteiger partial charge on any atom is -0.456 e. The normalized spacial score (nSPS) is 12.0. The fourth-order valence-electron chi connectivity index (χ4n) is 7.21. The Balaban J connectivity index is 1.17. The molecule has 7 aromatic carbocycles. The Morgan fingerprint density at radius 2 is 1.22 bits per heavy atom. The summed E-state index contributed by atoms with van der Waals surface area (Å²) < 4.78 is 11.2. The van der Waals surface area contributed by atoms with Gasteiger partial charge < -0.3 is 8.98 Å². The molecule has 0 atom stereocenters. The van der Waals surface area contributed by atoms with Crippen LogP contribution in [0, 0.1) is 0 Å². The molecule has 0 radical (unpaired) electrons. The average molecular weight is 626 g/mol. The SMILES string of the molecule is Clc1cccc2sc3ccc(-c4cccc5oc6ccc(-c7ccc8c(c7)c7ccccc7n8-c7ccccc7)cc6c45)cc3c12. The lowest BCUT2D eigenvalue weighted by molar-refractivity contribution is 0.669. The van der Waals surface area contributed by atoms with Crippen LogP contribution in [0.1, 0.15) is 0 Å². The highest BCUT2D eigenvalue weighted by Gasteiger charge is 2.17. The number of thiophene rings is 1. The van der Waals surface area contributed by atoms with Crippen LogP contribution in [0.2, 0.25) is 5.02 Å². The highest BCUT2D eigenvalue weighted by molar-refractivity contribution is 7.26. The van der Waals surface area contributed by atoms with Gasteiger partial charge in [-0.2, -0.15) is 0 Å². The van der Waals surface area contributed by atoms with Crippen molar-refractivity contribution in [2.24, 2.45) is 0 Å². The molecule has 0 aliphatic heterocycles. The first kappa shape index (κ1) is 25.9. The summed E-state index contributed by atoms with van der Waals surface area (Å²) in [5, 5.41) is 7.84. The first-order valence-corrected chi connectivity index (χ1v) is 16.6.